The molecule has 0 aromatic heterocycles. The molecule has 20 heteroatoms. The quantitative estimate of drug-likeness (QED) is 0.0536. The van der Waals surface area contributed by atoms with Gasteiger partial charge in [0.25, 0.3) is 11.8 Å². The number of hydrogen-bond donors (Lipinski definition) is 5. The highest BCUT2D eigenvalue weighted by Gasteiger charge is 2.42. The van der Waals surface area contributed by atoms with Crippen molar-refractivity contribution in [1.29, 1.82) is 0 Å². The summed E-state index contributed by atoms with van der Waals surface area (Å²) in [5.41, 5.74) is 18.7. The number of fused-ring (bicyclic) bond motifs is 4. The van der Waals surface area contributed by atoms with Gasteiger partial charge in [0.1, 0.15) is 29.9 Å². The normalized spacial score (nSPS) is 22.9. The number of carbonyl (C=O) groups excluding carboxylic acids is 7. The first-order valence-electron chi connectivity index (χ1n) is 39.6. The molecule has 5 N–H and O–H groups in total. The third-order valence-corrected chi connectivity index (χ3v) is 25.0. The molecule has 570 valence electrons. The highest BCUT2D eigenvalue weighted by Crippen LogP contribution is 2.49. The molecule has 8 aromatic carbocycles. The highest BCUT2D eigenvalue weighted by molar-refractivity contribution is 6.07. The van der Waals surface area contributed by atoms with Crippen molar-refractivity contribution in [3.63, 3.8) is 0 Å². The number of aromatic hydroxyl groups is 2. The fourth-order valence-electron chi connectivity index (χ4n) is 19.0. The second-order valence-corrected chi connectivity index (χ2v) is 31.4. The van der Waals surface area contributed by atoms with Crippen LogP contribution < -0.4 is 35.6 Å². The Morgan fingerprint density at radius 1 is 0.391 bits per heavy atom. The molecule has 8 aliphatic heterocycles. The molecule has 8 heterocycles. The first kappa shape index (κ1) is 75.1. The van der Waals surface area contributed by atoms with Gasteiger partial charge in [-0.05, 0) is 223 Å². The van der Waals surface area contributed by atoms with Gasteiger partial charge in [-0.3, -0.25) is 44.3 Å². The topological polar surface area (TPSA) is 219 Å². The van der Waals surface area contributed by atoms with Crippen LogP contribution in [0.3, 0.4) is 0 Å². The van der Waals surface area contributed by atoms with Crippen LogP contribution in [0.1, 0.15) is 164 Å². The van der Waals surface area contributed by atoms with Crippen LogP contribution >= 0.6 is 12.4 Å². The van der Waals surface area contributed by atoms with Crippen molar-refractivity contribution in [3.05, 3.63) is 249 Å². The number of carbonyl (C=O) groups is 7. The minimum atomic E-state index is -0.585. The number of aryl methyl sites for hydroxylation is 2. The lowest BCUT2D eigenvalue weighted by Gasteiger charge is -2.40. The summed E-state index contributed by atoms with van der Waals surface area (Å²) in [4.78, 5) is 99.8. The van der Waals surface area contributed by atoms with E-state index in [0.29, 0.717) is 66.3 Å². The molecule has 2 aliphatic carbocycles. The van der Waals surface area contributed by atoms with E-state index in [0.717, 1.165) is 152 Å². The second-order valence-electron chi connectivity index (χ2n) is 31.4. The maximum atomic E-state index is 13.1. The minimum absolute atomic E-state index is 0. The Labute approximate surface area is 650 Å². The van der Waals surface area contributed by atoms with Gasteiger partial charge >= 0.3 is 0 Å². The third kappa shape index (κ3) is 16.2. The summed E-state index contributed by atoms with van der Waals surface area (Å²) in [6.45, 7) is 13.8. The van der Waals surface area contributed by atoms with Crippen LogP contribution in [0, 0.1) is 11.8 Å². The number of piperidine rings is 4. The summed E-state index contributed by atoms with van der Waals surface area (Å²) in [5, 5.41) is 28.3. The molecular formula is C90H99ClN10O9. The molecule has 18 rings (SSSR count). The number of hydrogen-bond acceptors (Lipinski definition) is 15. The second kappa shape index (κ2) is 33.5. The van der Waals surface area contributed by atoms with Crippen molar-refractivity contribution < 1.29 is 43.8 Å². The molecule has 6 atom stereocenters. The van der Waals surface area contributed by atoms with Crippen LogP contribution in [0.4, 0.5) is 22.7 Å². The first-order chi connectivity index (χ1) is 53.2. The van der Waals surface area contributed by atoms with Crippen molar-refractivity contribution >= 4 is 76.9 Å². The van der Waals surface area contributed by atoms with Gasteiger partial charge in [-0.1, -0.05) is 97.1 Å². The molecule has 6 saturated heterocycles. The maximum Gasteiger partial charge on any atom is 0.255 e. The first-order valence-corrected chi connectivity index (χ1v) is 39.6. The number of aldehydes is 1. The van der Waals surface area contributed by atoms with E-state index in [1.54, 1.807) is 9.80 Å². The summed E-state index contributed by atoms with van der Waals surface area (Å²) in [6.07, 6.45) is 10.8. The van der Waals surface area contributed by atoms with E-state index in [4.69, 9.17) is 0 Å². The van der Waals surface area contributed by atoms with Crippen LogP contribution in [0.25, 0.3) is 0 Å². The summed E-state index contributed by atoms with van der Waals surface area (Å²) in [6, 6.07) is 62.8. The van der Waals surface area contributed by atoms with Crippen molar-refractivity contribution in [2.75, 3.05) is 105 Å². The Morgan fingerprint density at radius 3 is 1.25 bits per heavy atom. The maximum absolute atomic E-state index is 13.1. The number of phenols is 2. The number of anilines is 4. The molecule has 6 fully saturated rings. The summed E-state index contributed by atoms with van der Waals surface area (Å²) < 4.78 is 0. The van der Waals surface area contributed by atoms with Gasteiger partial charge in [0, 0.05) is 163 Å². The zero-order valence-electron chi connectivity index (χ0n) is 62.4. The van der Waals surface area contributed by atoms with Gasteiger partial charge in [0.05, 0.1) is 0 Å². The van der Waals surface area contributed by atoms with Crippen LogP contribution in [0.15, 0.2) is 182 Å². The summed E-state index contributed by atoms with van der Waals surface area (Å²) in [5.74, 6) is 1.48. The molecule has 110 heavy (non-hydrogen) atoms. The molecule has 10 aliphatic rings. The van der Waals surface area contributed by atoms with Crippen LogP contribution in [-0.2, 0) is 49.9 Å². The lowest BCUT2D eigenvalue weighted by Crippen LogP contribution is -2.52. The number of piperazine rings is 2. The predicted molar refractivity (Wildman–Crippen MR) is 430 cm³/mol. The average molecular weight is 1500 g/mol. The molecule has 6 amide bonds. The van der Waals surface area contributed by atoms with E-state index in [1.165, 1.54) is 68.7 Å². The Hall–Kier alpha value is -10.3. The van der Waals surface area contributed by atoms with Gasteiger partial charge in [0.15, 0.2) is 0 Å². The Kier molecular flexibility index (Phi) is 22.9. The van der Waals surface area contributed by atoms with Gasteiger partial charge in [-0.15, -0.1) is 12.4 Å². The largest absolute Gasteiger partial charge is 0.508 e. The van der Waals surface area contributed by atoms with Crippen LogP contribution in [0.5, 0.6) is 11.5 Å². The number of halogens is 1. The summed E-state index contributed by atoms with van der Waals surface area (Å²) in [7, 11) is 0. The number of amides is 6. The highest BCUT2D eigenvalue weighted by atomic mass is 35.5. The summed E-state index contributed by atoms with van der Waals surface area (Å²) >= 11 is 0. The lowest BCUT2D eigenvalue weighted by molar-refractivity contribution is -0.138. The van der Waals surface area contributed by atoms with E-state index < -0.39 is 12.1 Å². The van der Waals surface area contributed by atoms with Crippen molar-refractivity contribution in [3.8, 4) is 11.5 Å². The molecular weight excluding hydrogens is 1400 g/mol. The predicted octanol–water partition coefficient (Wildman–Crippen LogP) is 12.0. The van der Waals surface area contributed by atoms with E-state index in [-0.39, 0.29) is 78.4 Å². The van der Waals surface area contributed by atoms with Gasteiger partial charge in [-0.25, -0.2) is 0 Å². The van der Waals surface area contributed by atoms with Gasteiger partial charge in [0.2, 0.25) is 23.6 Å². The SMILES string of the molecule is Cl.O=C1CCC(N2Cc3cc(N4CCN(CC5CCN(c6ccc([C@@H]7c8ccc(O)cc8CC[C@@H]7c7ccccc7)cc6)CC5)CC4)ccc3C2=O)C(=O)N1.O=C1CCC(N2Cc3cc(N4CCNCC4)ccc3C2=O)C(=O)N1.O=CC1CCN(c2ccc([C@@H]3c4ccc(O)cc4CC[C@@H]3c3ccccc3)cc2)CC1. The van der Waals surface area contributed by atoms with Crippen molar-refractivity contribution in [2.24, 2.45) is 11.8 Å². The number of nitrogens with zero attached hydrogens (tertiary/aromatic N) is 7. The van der Waals surface area contributed by atoms with E-state index in [1.807, 2.05) is 48.5 Å². The van der Waals surface area contributed by atoms with Crippen molar-refractivity contribution in [1.82, 2.24) is 30.7 Å². The standard InChI is InChI=1S/C45H49N5O4.C28H29NO2.C17H20N4O3.ClH/c51-37-12-15-39-33(27-37)8-13-38(31-4-2-1-3-5-31)43(39)32-6-9-35(10-7-32)48-20-18-30(19-21-48)28-47-22-24-49(25-23-47)36-11-14-40-34(26-36)29-50(45(40)54)41-16-17-42(52)46-44(41)53;30-19-20-14-16-29(17-15-20)24-9-6-22(7-10-24)28-26(21-4-2-1-3-5-21)12-8-23-18-25(31)11-13-27(23)28;22-15-4-3-14(16(23)19-15)21-10-11-9-12(1-2-13(11)17(21)24)20-7-5-18-6-8-20;/h1-7,9-12,14-15,26-27,30,38,41,43,51H,8,13,16-25,28-29H2,(H,46,52,53);1-7,9-11,13,18-20,26,28,31H,8,12,14-17H2;1-2,9,14,18H,3-8,10H2,(H,19,22,23);1H/t38-,41?,43+;26-,28+;;/m11../s1. The van der Waals surface area contributed by atoms with Gasteiger partial charge < -0.3 is 49.7 Å². The third-order valence-electron chi connectivity index (χ3n) is 25.0. The minimum Gasteiger partial charge on any atom is -0.508 e. The zero-order chi connectivity index (χ0) is 74.7. The average Bonchev–Trinajstić information content (AvgIpc) is 1.47. The molecule has 0 radical (unpaired) electrons. The van der Waals surface area contributed by atoms with E-state index in [9.17, 15) is 43.8 Å². The molecule has 8 aromatic rings. The Balaban J connectivity index is 0.000000144. The Morgan fingerprint density at radius 2 is 0.809 bits per heavy atom. The Bertz CT molecular complexity index is 4670. The monoisotopic (exact) mass is 1500 g/mol. The molecule has 0 saturated carbocycles. The smallest absolute Gasteiger partial charge is 0.255 e. The molecule has 2 unspecified atom stereocenters. The number of imide groups is 2. The fraction of sp³-hybridized carbons (Fsp3) is 0.389. The van der Waals surface area contributed by atoms with Crippen LogP contribution in [0.2, 0.25) is 0 Å². The van der Waals surface area contributed by atoms with Crippen LogP contribution in [-0.4, -0.2) is 164 Å². The number of nitrogens with one attached hydrogen (secondary N) is 3. The van der Waals surface area contributed by atoms with Gasteiger partial charge in [-0.2, -0.15) is 0 Å². The zero-order valence-corrected chi connectivity index (χ0v) is 63.2. The number of rotatable bonds is 13. The molecule has 0 spiro atoms. The number of phenolic OH excluding ortho intramolecular Hbond substituents is 2. The fourth-order valence-corrected chi connectivity index (χ4v) is 19.0. The van der Waals surface area contributed by atoms with E-state index >= 15 is 0 Å². The van der Waals surface area contributed by atoms with E-state index in [2.05, 4.69) is 174 Å². The van der Waals surface area contributed by atoms with Crippen molar-refractivity contribution in [2.45, 2.75) is 126 Å². The number of benzene rings is 8. The molecule has 0 bridgehead atoms. The molecule has 19 nitrogen and oxygen atoms in total. The lowest BCUT2D eigenvalue weighted by atomic mass is 9.69.